The molecule has 0 saturated heterocycles. The maximum atomic E-state index is 12.8. The van der Waals surface area contributed by atoms with Crippen LogP contribution in [0.3, 0.4) is 0 Å². The average molecular weight is 434 g/mol. The maximum absolute atomic E-state index is 12.8. The third kappa shape index (κ3) is 5.88. The average Bonchev–Trinajstić information content (AvgIpc) is 2.84. The van der Waals surface area contributed by atoms with Gasteiger partial charge in [0.25, 0.3) is 0 Å². The largest absolute Gasteiger partial charge is 0.493 e. The van der Waals surface area contributed by atoms with Crippen molar-refractivity contribution in [1.82, 2.24) is 5.32 Å². The molecule has 0 aliphatic heterocycles. The van der Waals surface area contributed by atoms with Crippen LogP contribution < -0.4 is 14.8 Å². The highest BCUT2D eigenvalue weighted by atomic mass is 16.5. The molecule has 3 rings (SSSR count). The zero-order valence-corrected chi connectivity index (χ0v) is 18.5. The molecule has 0 aliphatic carbocycles. The lowest BCUT2D eigenvalue weighted by Gasteiger charge is -2.20. The zero-order valence-electron chi connectivity index (χ0n) is 18.5. The first kappa shape index (κ1) is 22.9. The lowest BCUT2D eigenvalue weighted by Crippen LogP contribution is -2.31. The summed E-state index contributed by atoms with van der Waals surface area (Å²) in [6.45, 7) is 0. The standard InChI is InChI=1S/C26H27NO5/c1-30-23-14-13-21(16-24(23)31-2)22(17-26(29)32-3)27-25(28)15-18-9-11-20(12-10-18)19-7-5-4-6-8-19/h4-14,16,22H,15,17H2,1-3H3,(H,27,28). The molecule has 0 radical (unpaired) electrons. The van der Waals surface area contributed by atoms with Crippen LogP contribution in [0.2, 0.25) is 0 Å². The number of ether oxygens (including phenoxy) is 3. The van der Waals surface area contributed by atoms with Crippen molar-refractivity contribution in [3.63, 3.8) is 0 Å². The fourth-order valence-electron chi connectivity index (χ4n) is 3.45. The van der Waals surface area contributed by atoms with E-state index in [1.807, 2.05) is 54.6 Å². The smallest absolute Gasteiger partial charge is 0.307 e. The second kappa shape index (κ2) is 11.0. The maximum Gasteiger partial charge on any atom is 0.307 e. The normalized spacial score (nSPS) is 11.3. The molecule has 1 amide bonds. The lowest BCUT2D eigenvalue weighted by molar-refractivity contribution is -0.141. The van der Waals surface area contributed by atoms with Gasteiger partial charge in [-0.15, -0.1) is 0 Å². The minimum absolute atomic E-state index is 0.00463. The number of hydrogen-bond acceptors (Lipinski definition) is 5. The van der Waals surface area contributed by atoms with Gasteiger partial charge in [-0.2, -0.15) is 0 Å². The van der Waals surface area contributed by atoms with Gasteiger partial charge in [0.1, 0.15) is 0 Å². The minimum Gasteiger partial charge on any atom is -0.493 e. The number of rotatable bonds is 9. The van der Waals surface area contributed by atoms with Crippen LogP contribution in [0.15, 0.2) is 72.8 Å². The van der Waals surface area contributed by atoms with Gasteiger partial charge in [0.15, 0.2) is 11.5 Å². The van der Waals surface area contributed by atoms with Crippen LogP contribution in [-0.2, 0) is 20.7 Å². The van der Waals surface area contributed by atoms with Gasteiger partial charge >= 0.3 is 5.97 Å². The fraction of sp³-hybridized carbons (Fsp3) is 0.231. The Balaban J connectivity index is 1.73. The Hall–Kier alpha value is -3.80. The Morgan fingerprint density at radius 1 is 0.812 bits per heavy atom. The summed E-state index contributed by atoms with van der Waals surface area (Å²) in [5.41, 5.74) is 3.81. The molecule has 3 aromatic carbocycles. The van der Waals surface area contributed by atoms with Crippen LogP contribution in [0.4, 0.5) is 0 Å². The third-order valence-corrected chi connectivity index (χ3v) is 5.17. The quantitative estimate of drug-likeness (QED) is 0.509. The number of nitrogens with one attached hydrogen (secondary N) is 1. The van der Waals surface area contributed by atoms with E-state index in [4.69, 9.17) is 14.2 Å². The Kier molecular flexibility index (Phi) is 7.86. The van der Waals surface area contributed by atoms with Gasteiger partial charge in [-0.05, 0) is 34.4 Å². The molecule has 32 heavy (non-hydrogen) atoms. The van der Waals surface area contributed by atoms with Crippen molar-refractivity contribution in [2.24, 2.45) is 0 Å². The van der Waals surface area contributed by atoms with Gasteiger partial charge in [0, 0.05) is 0 Å². The minimum atomic E-state index is -0.557. The van der Waals surface area contributed by atoms with E-state index < -0.39 is 12.0 Å². The summed E-state index contributed by atoms with van der Waals surface area (Å²) in [7, 11) is 4.41. The van der Waals surface area contributed by atoms with Crippen molar-refractivity contribution in [3.05, 3.63) is 83.9 Å². The highest BCUT2D eigenvalue weighted by molar-refractivity contribution is 5.80. The molecule has 0 spiro atoms. The topological polar surface area (TPSA) is 73.9 Å². The van der Waals surface area contributed by atoms with Crippen LogP contribution in [0, 0.1) is 0 Å². The number of methoxy groups -OCH3 is 3. The molecule has 0 aliphatic rings. The number of amides is 1. The Labute approximate surface area is 188 Å². The van der Waals surface area contributed by atoms with E-state index in [1.165, 1.54) is 14.2 Å². The van der Waals surface area contributed by atoms with Gasteiger partial charge in [0.05, 0.1) is 40.2 Å². The van der Waals surface area contributed by atoms with Crippen LogP contribution in [0.5, 0.6) is 11.5 Å². The van der Waals surface area contributed by atoms with E-state index in [0.29, 0.717) is 11.5 Å². The summed E-state index contributed by atoms with van der Waals surface area (Å²) in [5, 5.41) is 2.95. The van der Waals surface area contributed by atoms with Crippen molar-refractivity contribution < 1.29 is 23.8 Å². The number of benzene rings is 3. The van der Waals surface area contributed by atoms with Crippen molar-refractivity contribution in [1.29, 1.82) is 0 Å². The molecule has 0 aromatic heterocycles. The summed E-state index contributed by atoms with van der Waals surface area (Å²) in [6, 6.07) is 22.7. The second-order valence-electron chi connectivity index (χ2n) is 7.25. The Bertz CT molecular complexity index is 1050. The van der Waals surface area contributed by atoms with E-state index >= 15 is 0 Å². The van der Waals surface area contributed by atoms with E-state index in [1.54, 1.807) is 25.3 Å². The first-order valence-corrected chi connectivity index (χ1v) is 10.3. The van der Waals surface area contributed by atoms with Gasteiger partial charge in [-0.1, -0.05) is 60.7 Å². The second-order valence-corrected chi connectivity index (χ2v) is 7.25. The van der Waals surface area contributed by atoms with Crippen molar-refractivity contribution in [2.45, 2.75) is 18.9 Å². The highest BCUT2D eigenvalue weighted by Gasteiger charge is 2.21. The number of hydrogen-bond donors (Lipinski definition) is 1. The monoisotopic (exact) mass is 433 g/mol. The number of carbonyl (C=O) groups is 2. The molecular weight excluding hydrogens is 406 g/mol. The Morgan fingerprint density at radius 3 is 2.09 bits per heavy atom. The van der Waals surface area contributed by atoms with Crippen LogP contribution in [0.1, 0.15) is 23.6 Å². The van der Waals surface area contributed by atoms with Crippen molar-refractivity contribution in [2.75, 3.05) is 21.3 Å². The first-order valence-electron chi connectivity index (χ1n) is 10.3. The molecule has 1 unspecified atom stereocenters. The van der Waals surface area contributed by atoms with E-state index in [2.05, 4.69) is 5.32 Å². The van der Waals surface area contributed by atoms with Crippen LogP contribution >= 0.6 is 0 Å². The summed E-state index contributed by atoms with van der Waals surface area (Å²) in [4.78, 5) is 24.7. The predicted molar refractivity (Wildman–Crippen MR) is 123 cm³/mol. The molecule has 0 bridgehead atoms. The van der Waals surface area contributed by atoms with Gasteiger partial charge < -0.3 is 19.5 Å². The van der Waals surface area contributed by atoms with Crippen molar-refractivity contribution in [3.8, 4) is 22.6 Å². The molecule has 6 heteroatoms. The SMILES string of the molecule is COC(=O)CC(NC(=O)Cc1ccc(-c2ccccc2)cc1)c1ccc(OC)c(OC)c1. The van der Waals surface area contributed by atoms with E-state index in [0.717, 1.165) is 22.3 Å². The van der Waals surface area contributed by atoms with E-state index in [-0.39, 0.29) is 18.7 Å². The first-order chi connectivity index (χ1) is 15.5. The van der Waals surface area contributed by atoms with Gasteiger partial charge in [0.2, 0.25) is 5.91 Å². The molecule has 1 atom stereocenters. The molecule has 0 heterocycles. The summed E-state index contributed by atoms with van der Waals surface area (Å²) in [5.74, 6) is 0.474. The lowest BCUT2D eigenvalue weighted by atomic mass is 10.0. The molecule has 0 saturated carbocycles. The van der Waals surface area contributed by atoms with Crippen LogP contribution in [0.25, 0.3) is 11.1 Å². The molecule has 166 valence electrons. The molecule has 0 fully saturated rings. The Morgan fingerprint density at radius 2 is 1.47 bits per heavy atom. The molecule has 6 nitrogen and oxygen atoms in total. The van der Waals surface area contributed by atoms with Gasteiger partial charge in [-0.3, -0.25) is 9.59 Å². The predicted octanol–water partition coefficient (Wildman–Crippen LogP) is 4.33. The molecular formula is C26H27NO5. The molecule has 3 aromatic rings. The fourth-order valence-corrected chi connectivity index (χ4v) is 3.45. The van der Waals surface area contributed by atoms with Crippen LogP contribution in [-0.4, -0.2) is 33.2 Å². The zero-order chi connectivity index (χ0) is 22.9. The van der Waals surface area contributed by atoms with E-state index in [9.17, 15) is 9.59 Å². The number of esters is 1. The third-order valence-electron chi connectivity index (χ3n) is 5.17. The number of carbonyl (C=O) groups excluding carboxylic acids is 2. The highest BCUT2D eigenvalue weighted by Crippen LogP contribution is 2.31. The molecule has 1 N–H and O–H groups in total. The summed E-state index contributed by atoms with van der Waals surface area (Å²) < 4.78 is 15.4. The summed E-state index contributed by atoms with van der Waals surface area (Å²) >= 11 is 0. The van der Waals surface area contributed by atoms with Crippen molar-refractivity contribution >= 4 is 11.9 Å². The summed E-state index contributed by atoms with van der Waals surface area (Å²) in [6.07, 6.45) is 0.199. The van der Waals surface area contributed by atoms with Gasteiger partial charge in [-0.25, -0.2) is 0 Å².